The second-order valence-electron chi connectivity index (χ2n) is 4.32. The van der Waals surface area contributed by atoms with Crippen LogP contribution in [0.5, 0.6) is 0 Å². The summed E-state index contributed by atoms with van der Waals surface area (Å²) in [7, 11) is 0. The number of aromatic nitrogens is 4. The third kappa shape index (κ3) is 2.87. The number of hydrogen-bond acceptors (Lipinski definition) is 4. The second-order valence-corrected chi connectivity index (χ2v) is 5.17. The van der Waals surface area contributed by atoms with Crippen LogP contribution in [0, 0.1) is 0 Å². The van der Waals surface area contributed by atoms with Crippen molar-refractivity contribution in [2.24, 2.45) is 0 Å². The summed E-state index contributed by atoms with van der Waals surface area (Å²) in [6.07, 6.45) is 2.85. The molecule has 2 rings (SSSR count). The van der Waals surface area contributed by atoms with Crippen LogP contribution in [0.3, 0.4) is 0 Å². The first kappa shape index (κ1) is 14.3. The van der Waals surface area contributed by atoms with Crippen LogP contribution in [0.4, 0.5) is 0 Å². The fourth-order valence-corrected chi connectivity index (χ4v) is 1.92. The fraction of sp³-hybridized carbons (Fsp3) is 0.273. The number of aromatic amines is 1. The molecule has 106 valence electrons. The Bertz CT molecular complexity index is 758. The molecule has 0 aromatic carbocycles. The molecule has 8 nitrogen and oxygen atoms in total. The molecule has 0 saturated carbocycles. The van der Waals surface area contributed by atoms with Gasteiger partial charge in [0.25, 0.3) is 11.5 Å². The maximum Gasteiger partial charge on any atom is 0.347 e. The molecule has 0 radical (unpaired) electrons. The summed E-state index contributed by atoms with van der Waals surface area (Å²) in [5.74, 6) is -0.564. The lowest BCUT2D eigenvalue weighted by molar-refractivity contribution is 0.1000. The molecule has 2 aromatic rings. The molecule has 0 bridgehead atoms. The molecule has 0 spiro atoms. The van der Waals surface area contributed by atoms with E-state index in [0.717, 1.165) is 10.7 Å². The number of carbonyl (C=O) groups excluding carboxylic acids is 1. The van der Waals surface area contributed by atoms with Gasteiger partial charge in [-0.25, -0.2) is 9.47 Å². The molecular formula is C11H12BrN5O3. The van der Waals surface area contributed by atoms with Gasteiger partial charge in [0.05, 0.1) is 4.47 Å². The third-order valence-corrected chi connectivity index (χ3v) is 3.06. The molecule has 2 aromatic heterocycles. The Morgan fingerprint density at radius 3 is 2.70 bits per heavy atom. The number of nitrogens with one attached hydrogen (secondary N) is 2. The molecule has 2 heterocycles. The van der Waals surface area contributed by atoms with Gasteiger partial charge in [-0.15, -0.1) is 0 Å². The number of H-pyrrole nitrogens is 1. The lowest BCUT2D eigenvalue weighted by atomic mass is 10.4. The number of halogens is 1. The van der Waals surface area contributed by atoms with Crippen molar-refractivity contribution in [1.82, 2.24) is 19.4 Å². The lowest BCUT2D eigenvalue weighted by Crippen LogP contribution is -2.37. The zero-order valence-corrected chi connectivity index (χ0v) is 12.3. The summed E-state index contributed by atoms with van der Waals surface area (Å²) in [5, 5.41) is 4.12. The molecule has 0 fully saturated rings. The second kappa shape index (κ2) is 5.45. The van der Waals surface area contributed by atoms with E-state index in [2.05, 4.69) is 26.5 Å². The molecule has 0 saturated heterocycles. The highest BCUT2D eigenvalue weighted by Gasteiger charge is 2.16. The Hall–Kier alpha value is -2.16. The minimum atomic E-state index is -0.731. The van der Waals surface area contributed by atoms with Gasteiger partial charge < -0.3 is 0 Å². The van der Waals surface area contributed by atoms with Crippen molar-refractivity contribution >= 4 is 21.8 Å². The minimum absolute atomic E-state index is 0.101. The van der Waals surface area contributed by atoms with E-state index in [4.69, 9.17) is 0 Å². The Balaban J connectivity index is 2.28. The molecule has 2 N–H and O–H groups in total. The first-order valence-electron chi connectivity index (χ1n) is 5.76. The highest BCUT2D eigenvalue weighted by atomic mass is 79.9. The molecule has 0 unspecified atom stereocenters. The Labute approximate surface area is 121 Å². The summed E-state index contributed by atoms with van der Waals surface area (Å²) < 4.78 is 3.01. The fourth-order valence-electron chi connectivity index (χ4n) is 1.46. The van der Waals surface area contributed by atoms with Crippen LogP contribution >= 0.6 is 15.9 Å². The van der Waals surface area contributed by atoms with Gasteiger partial charge in [0.2, 0.25) is 0 Å². The number of carbonyl (C=O) groups is 1. The average molecular weight is 342 g/mol. The smallest absolute Gasteiger partial charge is 0.273 e. The summed E-state index contributed by atoms with van der Waals surface area (Å²) in [4.78, 5) is 36.5. The first-order chi connectivity index (χ1) is 9.38. The summed E-state index contributed by atoms with van der Waals surface area (Å²) in [5.41, 5.74) is 1.22. The normalized spacial score (nSPS) is 10.8. The van der Waals surface area contributed by atoms with Crippen LogP contribution in [0.25, 0.3) is 0 Å². The van der Waals surface area contributed by atoms with Gasteiger partial charge in [-0.1, -0.05) is 0 Å². The van der Waals surface area contributed by atoms with Crippen LogP contribution in [0.15, 0.2) is 32.5 Å². The van der Waals surface area contributed by atoms with E-state index in [1.807, 2.05) is 18.8 Å². The minimum Gasteiger partial charge on any atom is -0.273 e. The Morgan fingerprint density at radius 2 is 2.15 bits per heavy atom. The molecule has 0 aliphatic rings. The molecule has 0 aliphatic heterocycles. The largest absolute Gasteiger partial charge is 0.347 e. The van der Waals surface area contributed by atoms with E-state index in [-0.39, 0.29) is 11.7 Å². The quantitative estimate of drug-likeness (QED) is 0.846. The standard InChI is InChI=1S/C11H12BrN5O3/c1-6(2)17-5-7(12)9(14-17)10(19)15-16-4-3-8(18)13-11(16)20/h3-6H,1-2H3,(H,15,19)(H,13,18,20). The SMILES string of the molecule is CC(C)n1cc(Br)c(C(=O)Nn2ccc(=O)[nH]c2=O)n1. The molecule has 0 atom stereocenters. The van der Waals surface area contributed by atoms with E-state index in [0.29, 0.717) is 4.47 Å². The number of rotatable bonds is 3. The predicted octanol–water partition coefficient (Wildman–Crippen LogP) is 0.460. The van der Waals surface area contributed by atoms with Crippen molar-refractivity contribution in [2.45, 2.75) is 19.9 Å². The highest BCUT2D eigenvalue weighted by Crippen LogP contribution is 2.17. The predicted molar refractivity (Wildman–Crippen MR) is 75.3 cm³/mol. The monoisotopic (exact) mass is 341 g/mol. The number of amides is 1. The van der Waals surface area contributed by atoms with Crippen LogP contribution in [-0.2, 0) is 0 Å². The molecule has 0 aliphatic carbocycles. The lowest BCUT2D eigenvalue weighted by Gasteiger charge is -2.06. The third-order valence-electron chi connectivity index (χ3n) is 2.48. The van der Waals surface area contributed by atoms with Gasteiger partial charge in [0.15, 0.2) is 5.69 Å². The van der Waals surface area contributed by atoms with E-state index < -0.39 is 17.2 Å². The van der Waals surface area contributed by atoms with Gasteiger partial charge in [0, 0.05) is 24.5 Å². The molecular weight excluding hydrogens is 330 g/mol. The van der Waals surface area contributed by atoms with Gasteiger partial charge in [-0.3, -0.25) is 24.7 Å². The Morgan fingerprint density at radius 1 is 1.45 bits per heavy atom. The van der Waals surface area contributed by atoms with Crippen molar-refractivity contribution in [1.29, 1.82) is 0 Å². The van der Waals surface area contributed by atoms with Crippen LogP contribution < -0.4 is 16.7 Å². The zero-order chi connectivity index (χ0) is 14.9. The van der Waals surface area contributed by atoms with Crippen LogP contribution in [-0.4, -0.2) is 25.3 Å². The van der Waals surface area contributed by atoms with E-state index in [9.17, 15) is 14.4 Å². The zero-order valence-electron chi connectivity index (χ0n) is 10.8. The molecule has 1 amide bonds. The topological polar surface area (TPSA) is 102 Å². The van der Waals surface area contributed by atoms with E-state index in [1.54, 1.807) is 10.9 Å². The summed E-state index contributed by atoms with van der Waals surface area (Å²) >= 11 is 3.24. The first-order valence-corrected chi connectivity index (χ1v) is 6.56. The molecule has 9 heteroatoms. The van der Waals surface area contributed by atoms with Crippen LogP contribution in [0.1, 0.15) is 30.4 Å². The van der Waals surface area contributed by atoms with Crippen molar-refractivity contribution in [3.63, 3.8) is 0 Å². The maximum atomic E-state index is 12.0. The van der Waals surface area contributed by atoms with Crippen molar-refractivity contribution < 1.29 is 4.79 Å². The van der Waals surface area contributed by atoms with Crippen molar-refractivity contribution in [2.75, 3.05) is 5.43 Å². The number of nitrogens with zero attached hydrogens (tertiary/aromatic N) is 3. The van der Waals surface area contributed by atoms with E-state index in [1.165, 1.54) is 6.20 Å². The van der Waals surface area contributed by atoms with Gasteiger partial charge >= 0.3 is 5.69 Å². The summed E-state index contributed by atoms with van der Waals surface area (Å²) in [6.45, 7) is 3.85. The van der Waals surface area contributed by atoms with Crippen LogP contribution in [0.2, 0.25) is 0 Å². The Kier molecular flexibility index (Phi) is 3.89. The summed E-state index contributed by atoms with van der Waals surface area (Å²) in [6, 6.07) is 1.23. The van der Waals surface area contributed by atoms with Gasteiger partial charge in [0.1, 0.15) is 0 Å². The van der Waals surface area contributed by atoms with Crippen molar-refractivity contribution in [3.05, 3.63) is 49.5 Å². The van der Waals surface area contributed by atoms with E-state index >= 15 is 0 Å². The van der Waals surface area contributed by atoms with Gasteiger partial charge in [-0.2, -0.15) is 5.10 Å². The highest BCUT2D eigenvalue weighted by molar-refractivity contribution is 9.10. The molecule has 20 heavy (non-hydrogen) atoms. The maximum absolute atomic E-state index is 12.0. The van der Waals surface area contributed by atoms with Crippen molar-refractivity contribution in [3.8, 4) is 0 Å². The number of hydrogen-bond donors (Lipinski definition) is 2. The van der Waals surface area contributed by atoms with Gasteiger partial charge in [-0.05, 0) is 29.8 Å². The average Bonchev–Trinajstić information content (AvgIpc) is 2.75.